The minimum Gasteiger partial charge on any atom is -0.436 e. The van der Waals surface area contributed by atoms with Crippen molar-refractivity contribution >= 4 is 34.8 Å². The van der Waals surface area contributed by atoms with Crippen LogP contribution in [-0.4, -0.2) is 132 Å². The summed E-state index contributed by atoms with van der Waals surface area (Å²) in [4.78, 5) is 65.7. The molecule has 1 aromatic heterocycles. The van der Waals surface area contributed by atoms with E-state index in [-0.39, 0.29) is 24.4 Å². The molecular formula is C36H47N7O6. The molecule has 2 N–H and O–H groups in total. The number of benzene rings is 2. The van der Waals surface area contributed by atoms with Crippen LogP contribution in [0, 0.1) is 6.92 Å². The number of nitrogens with zero attached hydrogens (tertiary/aromatic N) is 5. The number of anilines is 1. The predicted octanol–water partition coefficient (Wildman–Crippen LogP) is 3.27. The number of piperazine rings is 1. The fraction of sp³-hybridized carbons (Fsp3) is 0.556. The first-order valence-corrected chi connectivity index (χ1v) is 17.7. The van der Waals surface area contributed by atoms with Crippen molar-refractivity contribution in [3.63, 3.8) is 0 Å². The summed E-state index contributed by atoms with van der Waals surface area (Å²) in [7, 11) is 2.16. The van der Waals surface area contributed by atoms with Gasteiger partial charge in [-0.2, -0.15) is 0 Å². The summed E-state index contributed by atoms with van der Waals surface area (Å²) < 4.78 is 11.4. The van der Waals surface area contributed by atoms with Crippen LogP contribution < -0.4 is 11.1 Å². The van der Waals surface area contributed by atoms with E-state index < -0.39 is 18.0 Å². The molecule has 3 saturated heterocycles. The number of para-hydroxylation sites is 1. The second kappa shape index (κ2) is 14.2. The van der Waals surface area contributed by atoms with Gasteiger partial charge in [-0.25, -0.2) is 14.4 Å². The van der Waals surface area contributed by atoms with E-state index >= 15 is 0 Å². The van der Waals surface area contributed by atoms with Crippen LogP contribution in [0.15, 0.2) is 45.6 Å². The van der Waals surface area contributed by atoms with Crippen molar-refractivity contribution in [2.75, 3.05) is 71.3 Å². The zero-order valence-electron chi connectivity index (χ0n) is 28.5. The van der Waals surface area contributed by atoms with Crippen molar-refractivity contribution in [2.45, 2.75) is 63.6 Å². The molecule has 0 unspecified atom stereocenters. The van der Waals surface area contributed by atoms with E-state index in [2.05, 4.69) is 27.1 Å². The number of aromatic nitrogens is 1. The van der Waals surface area contributed by atoms with E-state index in [1.807, 2.05) is 47.1 Å². The fourth-order valence-corrected chi connectivity index (χ4v) is 7.97. The normalized spacial score (nSPS) is 20.9. The number of piperidine rings is 2. The molecule has 49 heavy (non-hydrogen) atoms. The van der Waals surface area contributed by atoms with Gasteiger partial charge in [0.1, 0.15) is 0 Å². The molecule has 0 aliphatic carbocycles. The van der Waals surface area contributed by atoms with Crippen molar-refractivity contribution in [3.05, 3.63) is 63.6 Å². The standard InChI is InChI=1S/C36H47N7O6/c1-24-21-25(22-30-32(24)38-35(46)48-30)23-31(33(44)41-19-17-40(18-20-41)27-8-12-39(2)13-9-27)49-36(47)42-14-10-28(11-15-42)43-16-7-26-5-3-4-6-29(26)37-34(43)45/h3-6,21-22,27-28,31H,7-20,23H2,1-2H3,(H,37,45)(H,38,46)/t31-/m1/s1. The number of fused-ring (bicyclic) bond motifs is 2. The highest BCUT2D eigenvalue weighted by Crippen LogP contribution is 2.26. The van der Waals surface area contributed by atoms with Gasteiger partial charge in [0.05, 0.1) is 5.52 Å². The number of urea groups is 1. The Bertz CT molecular complexity index is 1730. The van der Waals surface area contributed by atoms with Gasteiger partial charge in [0.25, 0.3) is 5.91 Å². The molecule has 0 saturated carbocycles. The largest absolute Gasteiger partial charge is 0.436 e. The summed E-state index contributed by atoms with van der Waals surface area (Å²) in [5.41, 5.74) is 4.55. The van der Waals surface area contributed by atoms with Crippen LogP contribution in [-0.2, 0) is 22.4 Å². The first-order valence-electron chi connectivity index (χ1n) is 17.7. The van der Waals surface area contributed by atoms with Crippen LogP contribution in [0.2, 0.25) is 0 Å². The maximum atomic E-state index is 14.1. The second-order valence-electron chi connectivity index (χ2n) is 14.0. The van der Waals surface area contributed by atoms with Crippen LogP contribution in [0.3, 0.4) is 0 Å². The number of aromatic amines is 1. The van der Waals surface area contributed by atoms with Crippen molar-refractivity contribution in [1.29, 1.82) is 0 Å². The maximum absolute atomic E-state index is 14.1. The Labute approximate surface area is 286 Å². The quantitative estimate of drug-likeness (QED) is 0.408. The maximum Gasteiger partial charge on any atom is 0.417 e. The zero-order valence-corrected chi connectivity index (χ0v) is 28.5. The van der Waals surface area contributed by atoms with Crippen molar-refractivity contribution in [1.82, 2.24) is 29.5 Å². The van der Waals surface area contributed by atoms with Gasteiger partial charge in [-0.1, -0.05) is 24.3 Å². The van der Waals surface area contributed by atoms with Gasteiger partial charge in [0.15, 0.2) is 11.7 Å². The Balaban J connectivity index is 1.01. The number of H-pyrrole nitrogens is 1. The Morgan fingerprint density at radius 3 is 2.37 bits per heavy atom. The number of carbonyl (C=O) groups is 3. The van der Waals surface area contributed by atoms with E-state index in [1.54, 1.807) is 11.0 Å². The highest BCUT2D eigenvalue weighted by Gasteiger charge is 2.36. The first-order chi connectivity index (χ1) is 23.7. The zero-order chi connectivity index (χ0) is 34.1. The molecule has 1 atom stereocenters. The molecule has 0 radical (unpaired) electrons. The molecule has 4 amide bonds. The molecular weight excluding hydrogens is 626 g/mol. The fourth-order valence-electron chi connectivity index (χ4n) is 7.97. The Kier molecular flexibility index (Phi) is 9.64. The van der Waals surface area contributed by atoms with Gasteiger partial charge in [-0.3, -0.25) is 14.7 Å². The van der Waals surface area contributed by atoms with Crippen LogP contribution in [0.1, 0.15) is 42.4 Å². The molecule has 0 spiro atoms. The SMILES string of the molecule is Cc1cc(C[C@@H](OC(=O)N2CCC(N3CCc4ccccc4NC3=O)CC2)C(=O)N2CCN(C3CCN(C)CC3)CC2)cc2oc(=O)[nH]c12. The highest BCUT2D eigenvalue weighted by molar-refractivity contribution is 5.91. The molecule has 13 nitrogen and oxygen atoms in total. The number of likely N-dealkylation sites (tertiary alicyclic amines) is 2. The summed E-state index contributed by atoms with van der Waals surface area (Å²) in [6.07, 6.45) is 2.89. The molecule has 4 aliphatic heterocycles. The van der Waals surface area contributed by atoms with Gasteiger partial charge in [-0.15, -0.1) is 0 Å². The number of hydrogen-bond acceptors (Lipinski definition) is 8. The molecule has 262 valence electrons. The average molecular weight is 674 g/mol. The second-order valence-corrected chi connectivity index (χ2v) is 14.0. The smallest absolute Gasteiger partial charge is 0.417 e. The highest BCUT2D eigenvalue weighted by atomic mass is 16.6. The number of hydrogen-bond donors (Lipinski definition) is 2. The number of ether oxygens (including phenoxy) is 1. The molecule has 5 heterocycles. The molecule has 13 heteroatoms. The summed E-state index contributed by atoms with van der Waals surface area (Å²) in [6.45, 7) is 8.26. The Hall–Kier alpha value is -4.36. The van der Waals surface area contributed by atoms with Crippen LogP contribution in [0.5, 0.6) is 0 Å². The van der Waals surface area contributed by atoms with Crippen molar-refractivity contribution < 1.29 is 23.5 Å². The molecule has 2 aromatic carbocycles. The molecule has 3 fully saturated rings. The number of oxazole rings is 1. The van der Waals surface area contributed by atoms with Gasteiger partial charge in [0.2, 0.25) is 0 Å². The number of amides is 4. The van der Waals surface area contributed by atoms with Gasteiger partial charge in [0, 0.05) is 70.0 Å². The van der Waals surface area contributed by atoms with Crippen molar-refractivity contribution in [2.24, 2.45) is 0 Å². The number of carbonyl (C=O) groups excluding carboxylic acids is 3. The third kappa shape index (κ3) is 7.32. The lowest BCUT2D eigenvalue weighted by Crippen LogP contribution is -2.56. The van der Waals surface area contributed by atoms with Crippen LogP contribution >= 0.6 is 0 Å². The number of rotatable bonds is 6. The van der Waals surface area contributed by atoms with Crippen molar-refractivity contribution in [3.8, 4) is 0 Å². The third-order valence-corrected chi connectivity index (χ3v) is 10.9. The van der Waals surface area contributed by atoms with E-state index in [1.165, 1.54) is 0 Å². The van der Waals surface area contributed by atoms with Crippen LogP contribution in [0.4, 0.5) is 15.3 Å². The summed E-state index contributed by atoms with van der Waals surface area (Å²) in [5.74, 6) is -0.747. The summed E-state index contributed by atoms with van der Waals surface area (Å²) in [5, 5.41) is 3.04. The average Bonchev–Trinajstić information content (AvgIpc) is 3.40. The molecule has 0 bridgehead atoms. The lowest BCUT2D eigenvalue weighted by atomic mass is 10.0. The van der Waals surface area contributed by atoms with E-state index in [0.717, 1.165) is 67.8 Å². The third-order valence-electron chi connectivity index (χ3n) is 10.9. The first kappa shape index (κ1) is 33.2. The minimum atomic E-state index is -1.03. The van der Waals surface area contributed by atoms with E-state index in [0.29, 0.717) is 62.7 Å². The lowest BCUT2D eigenvalue weighted by molar-refractivity contribution is -0.143. The lowest BCUT2D eigenvalue weighted by Gasteiger charge is -2.42. The van der Waals surface area contributed by atoms with E-state index in [9.17, 15) is 19.2 Å². The summed E-state index contributed by atoms with van der Waals surface area (Å²) >= 11 is 0. The minimum absolute atomic E-state index is 0.00218. The summed E-state index contributed by atoms with van der Waals surface area (Å²) in [6, 6.07) is 11.9. The topological polar surface area (TPSA) is 135 Å². The monoisotopic (exact) mass is 673 g/mol. The molecule has 7 rings (SSSR count). The number of aryl methyl sites for hydroxylation is 1. The Morgan fingerprint density at radius 1 is 0.898 bits per heavy atom. The number of nitrogens with one attached hydrogen (secondary N) is 2. The van der Waals surface area contributed by atoms with Gasteiger partial charge < -0.3 is 34.1 Å². The predicted molar refractivity (Wildman–Crippen MR) is 185 cm³/mol. The van der Waals surface area contributed by atoms with Gasteiger partial charge in [-0.05, 0) is 88.0 Å². The Morgan fingerprint density at radius 2 is 1.61 bits per heavy atom. The van der Waals surface area contributed by atoms with E-state index in [4.69, 9.17) is 9.15 Å². The molecule has 3 aromatic rings. The van der Waals surface area contributed by atoms with Crippen LogP contribution in [0.25, 0.3) is 11.1 Å². The van der Waals surface area contributed by atoms with Gasteiger partial charge >= 0.3 is 17.9 Å². The molecule has 4 aliphatic rings.